The molecule has 1 aliphatic carbocycles. The molecule has 1 nitrogen and oxygen atoms in total. The van der Waals surface area contributed by atoms with Gasteiger partial charge in [-0.15, -0.1) is 0 Å². The summed E-state index contributed by atoms with van der Waals surface area (Å²) >= 11 is 0. The average Bonchev–Trinajstić information content (AvgIpc) is 1.90. The molecule has 0 heterocycles. The van der Waals surface area contributed by atoms with Gasteiger partial charge in [0.15, 0.2) is 0 Å². The summed E-state index contributed by atoms with van der Waals surface area (Å²) in [6, 6.07) is 0.837. The average molecular weight is 204 g/mol. The molecule has 1 fully saturated rings. The molecule has 1 saturated carbocycles. The van der Waals surface area contributed by atoms with Gasteiger partial charge in [-0.05, 0) is 19.9 Å². The summed E-state index contributed by atoms with van der Waals surface area (Å²) in [6.45, 7) is 0. The maximum Gasteiger partial charge on any atom is 0.00640 e. The second-order valence-corrected chi connectivity index (χ2v) is 2.62. The van der Waals surface area contributed by atoms with Gasteiger partial charge in [0.1, 0.15) is 0 Å². The molecule has 1 aliphatic rings. The maximum atomic E-state index is 3.30. The van der Waals surface area contributed by atoms with Crippen LogP contribution in [0.15, 0.2) is 0 Å². The summed E-state index contributed by atoms with van der Waals surface area (Å²) in [5.41, 5.74) is 0. The Hall–Kier alpha value is 0.843. The summed E-state index contributed by atoms with van der Waals surface area (Å²) in [7, 11) is 2.07. The van der Waals surface area contributed by atoms with E-state index in [2.05, 4.69) is 12.4 Å². The van der Waals surface area contributed by atoms with Crippen molar-refractivity contribution in [2.75, 3.05) is 7.05 Å². The van der Waals surface area contributed by atoms with Crippen molar-refractivity contribution in [3.8, 4) is 0 Å². The fourth-order valence-electron chi connectivity index (χ4n) is 1.39. The van der Waals surface area contributed by atoms with Crippen molar-refractivity contribution in [1.29, 1.82) is 0 Å². The van der Waals surface area contributed by atoms with Gasteiger partial charge in [0.2, 0.25) is 0 Å². The monoisotopic (exact) mass is 203 g/mol. The summed E-state index contributed by atoms with van der Waals surface area (Å²) in [6.07, 6.45) is 7.13. The molecule has 0 aromatic heterocycles. The zero-order chi connectivity index (χ0) is 5.82. The van der Waals surface area contributed by atoms with Crippen molar-refractivity contribution < 1.29 is 26.2 Å². The van der Waals surface area contributed by atoms with E-state index >= 15 is 0 Å². The Morgan fingerprint density at radius 3 is 2.00 bits per heavy atom. The van der Waals surface area contributed by atoms with E-state index in [1.807, 2.05) is 0 Å². The Kier molecular flexibility index (Phi) is 6.14. The van der Waals surface area contributed by atoms with E-state index in [4.69, 9.17) is 0 Å². The molecule has 2 heteroatoms. The molecular weight excluding hydrogens is 189 g/mol. The van der Waals surface area contributed by atoms with Gasteiger partial charge in [0, 0.05) is 32.2 Å². The van der Waals surface area contributed by atoms with Crippen LogP contribution in [0.25, 0.3) is 0 Å². The molecule has 52 valence electrons. The summed E-state index contributed by atoms with van der Waals surface area (Å²) in [4.78, 5) is 0. The Morgan fingerprint density at radius 2 is 1.67 bits per heavy atom. The van der Waals surface area contributed by atoms with Crippen LogP contribution in [0.4, 0.5) is 0 Å². The summed E-state index contributed by atoms with van der Waals surface area (Å²) in [5.74, 6) is 0. The van der Waals surface area contributed by atoms with Crippen LogP contribution in [-0.4, -0.2) is 13.1 Å². The predicted octanol–water partition coefficient (Wildman–Crippen LogP) is 1.54. The summed E-state index contributed by atoms with van der Waals surface area (Å²) < 4.78 is 0. The minimum Gasteiger partial charge on any atom is -0.317 e. The number of nitrogens with one attached hydrogen (secondary N) is 1. The van der Waals surface area contributed by atoms with Crippen LogP contribution in [-0.2, 0) is 26.2 Å². The molecule has 0 spiro atoms. The van der Waals surface area contributed by atoms with Gasteiger partial charge in [0.05, 0.1) is 0 Å². The predicted molar refractivity (Wildman–Crippen MR) is 35.9 cm³/mol. The first-order valence-corrected chi connectivity index (χ1v) is 3.61. The van der Waals surface area contributed by atoms with Crippen LogP contribution in [0.3, 0.4) is 0 Å². The molecular formula is C7H15NZr. The van der Waals surface area contributed by atoms with Crippen molar-refractivity contribution in [3.63, 3.8) is 0 Å². The first-order chi connectivity index (χ1) is 3.93. The smallest absolute Gasteiger partial charge is 0.00640 e. The van der Waals surface area contributed by atoms with E-state index in [1.54, 1.807) is 0 Å². The largest absolute Gasteiger partial charge is 0.317 e. The van der Waals surface area contributed by atoms with Crippen molar-refractivity contribution in [3.05, 3.63) is 0 Å². The van der Waals surface area contributed by atoms with Gasteiger partial charge in [-0.1, -0.05) is 19.3 Å². The second kappa shape index (κ2) is 5.61. The number of hydrogen-bond acceptors (Lipinski definition) is 1. The van der Waals surface area contributed by atoms with E-state index in [0.29, 0.717) is 0 Å². The van der Waals surface area contributed by atoms with E-state index in [0.717, 1.165) is 6.04 Å². The molecule has 0 aromatic rings. The standard InChI is InChI=1S/C7H15N.Zr/c1-8-7-5-3-2-4-6-7;/h7-8H,2-6H2,1H3;. The van der Waals surface area contributed by atoms with E-state index in [1.165, 1.54) is 32.1 Å². The topological polar surface area (TPSA) is 12.0 Å². The third-order valence-corrected chi connectivity index (χ3v) is 2.01. The molecule has 0 aliphatic heterocycles. The van der Waals surface area contributed by atoms with Gasteiger partial charge in [-0.25, -0.2) is 0 Å². The fourth-order valence-corrected chi connectivity index (χ4v) is 1.39. The van der Waals surface area contributed by atoms with Crippen LogP contribution in [0.2, 0.25) is 0 Å². The maximum absolute atomic E-state index is 3.30. The van der Waals surface area contributed by atoms with Crippen molar-refractivity contribution in [2.45, 2.75) is 38.1 Å². The van der Waals surface area contributed by atoms with E-state index < -0.39 is 0 Å². The third kappa shape index (κ3) is 3.52. The molecule has 0 atom stereocenters. The second-order valence-electron chi connectivity index (χ2n) is 2.62. The van der Waals surface area contributed by atoms with Crippen LogP contribution < -0.4 is 5.32 Å². The Bertz CT molecular complexity index is 59.9. The SMILES string of the molecule is CNC1CCCCC1.[Zr]. The normalized spacial score (nSPS) is 21.0. The van der Waals surface area contributed by atoms with Crippen molar-refractivity contribution in [1.82, 2.24) is 5.32 Å². The van der Waals surface area contributed by atoms with Crippen LogP contribution >= 0.6 is 0 Å². The third-order valence-electron chi connectivity index (χ3n) is 2.01. The zero-order valence-corrected chi connectivity index (χ0v) is 8.57. The first kappa shape index (κ1) is 9.84. The van der Waals surface area contributed by atoms with E-state index in [9.17, 15) is 0 Å². The molecule has 9 heavy (non-hydrogen) atoms. The quantitative estimate of drug-likeness (QED) is 0.683. The molecule has 0 saturated heterocycles. The first-order valence-electron chi connectivity index (χ1n) is 3.61. The van der Waals surface area contributed by atoms with Gasteiger partial charge >= 0.3 is 0 Å². The Balaban J connectivity index is 0.000000640. The molecule has 0 aromatic carbocycles. The van der Waals surface area contributed by atoms with Gasteiger partial charge in [0.25, 0.3) is 0 Å². The summed E-state index contributed by atoms with van der Waals surface area (Å²) in [5, 5.41) is 3.30. The van der Waals surface area contributed by atoms with Crippen LogP contribution in [0, 0.1) is 0 Å². The van der Waals surface area contributed by atoms with Crippen molar-refractivity contribution in [2.24, 2.45) is 0 Å². The molecule has 0 bridgehead atoms. The number of rotatable bonds is 1. The molecule has 0 amide bonds. The zero-order valence-electron chi connectivity index (χ0n) is 6.11. The minimum absolute atomic E-state index is 0. The van der Waals surface area contributed by atoms with Crippen LogP contribution in [0.1, 0.15) is 32.1 Å². The van der Waals surface area contributed by atoms with Crippen molar-refractivity contribution >= 4 is 0 Å². The molecule has 1 N–H and O–H groups in total. The molecule has 0 unspecified atom stereocenters. The molecule has 1 rings (SSSR count). The van der Waals surface area contributed by atoms with E-state index in [-0.39, 0.29) is 26.2 Å². The Morgan fingerprint density at radius 1 is 1.11 bits per heavy atom. The van der Waals surface area contributed by atoms with Gasteiger partial charge in [-0.3, -0.25) is 0 Å². The van der Waals surface area contributed by atoms with Gasteiger partial charge in [-0.2, -0.15) is 0 Å². The van der Waals surface area contributed by atoms with Gasteiger partial charge < -0.3 is 5.32 Å². The Labute approximate surface area is 76.7 Å². The van der Waals surface area contributed by atoms with Crippen LogP contribution in [0.5, 0.6) is 0 Å². The fraction of sp³-hybridized carbons (Fsp3) is 1.00. The number of hydrogen-bond donors (Lipinski definition) is 1. The minimum atomic E-state index is 0. The molecule has 0 radical (unpaired) electrons.